The van der Waals surface area contributed by atoms with E-state index in [9.17, 15) is 9.59 Å². The zero-order valence-corrected chi connectivity index (χ0v) is 10.6. The molecule has 2 N–H and O–H groups in total. The van der Waals surface area contributed by atoms with Gasteiger partial charge in [-0.25, -0.2) is 4.98 Å². The summed E-state index contributed by atoms with van der Waals surface area (Å²) in [6.45, 7) is 4.38. The molecule has 1 saturated heterocycles. The first-order valence-corrected chi connectivity index (χ1v) is 6.46. The van der Waals surface area contributed by atoms with Crippen molar-refractivity contribution in [2.24, 2.45) is 5.92 Å². The molecule has 0 radical (unpaired) electrons. The first kappa shape index (κ1) is 12.0. The van der Waals surface area contributed by atoms with E-state index in [0.717, 1.165) is 10.7 Å². The number of nitrogens with zero attached hydrogens (tertiary/aromatic N) is 1. The Hall–Kier alpha value is -1.43. The maximum Gasteiger partial charge on any atom is 0.233 e. The summed E-state index contributed by atoms with van der Waals surface area (Å²) in [5.41, 5.74) is 0.949. The lowest BCUT2D eigenvalue weighted by atomic mass is 10.1. The predicted octanol–water partition coefficient (Wildman–Crippen LogP) is 0.765. The van der Waals surface area contributed by atoms with Crippen molar-refractivity contribution in [3.63, 3.8) is 0 Å². The summed E-state index contributed by atoms with van der Waals surface area (Å²) in [7, 11) is 0. The van der Waals surface area contributed by atoms with Crippen molar-refractivity contribution in [2.45, 2.75) is 26.3 Å². The Bertz CT molecular complexity index is 444. The third-order valence-corrected chi connectivity index (χ3v) is 3.88. The van der Waals surface area contributed by atoms with Crippen LogP contribution in [-0.2, 0) is 9.59 Å². The Morgan fingerprint density at radius 3 is 3.00 bits per heavy atom. The van der Waals surface area contributed by atoms with E-state index in [-0.39, 0.29) is 17.9 Å². The van der Waals surface area contributed by atoms with Gasteiger partial charge in [-0.15, -0.1) is 11.3 Å². The molecule has 92 valence electrons. The van der Waals surface area contributed by atoms with E-state index >= 15 is 0 Å². The van der Waals surface area contributed by atoms with Crippen molar-refractivity contribution in [3.05, 3.63) is 16.1 Å². The Balaban J connectivity index is 1.96. The van der Waals surface area contributed by atoms with E-state index < -0.39 is 5.92 Å². The first-order chi connectivity index (χ1) is 8.08. The summed E-state index contributed by atoms with van der Waals surface area (Å²) in [5.74, 6) is -0.927. The second kappa shape index (κ2) is 4.83. The quantitative estimate of drug-likeness (QED) is 0.781. The number of amides is 2. The van der Waals surface area contributed by atoms with E-state index in [1.807, 2.05) is 19.2 Å². The molecule has 0 bridgehead atoms. The number of nitrogens with one attached hydrogen (secondary N) is 2. The van der Waals surface area contributed by atoms with Crippen LogP contribution in [-0.4, -0.2) is 23.3 Å². The van der Waals surface area contributed by atoms with E-state index in [1.165, 1.54) is 11.3 Å². The third kappa shape index (κ3) is 2.63. The average Bonchev–Trinajstić information content (AvgIpc) is 2.86. The molecule has 0 aromatic carbocycles. The van der Waals surface area contributed by atoms with Crippen LogP contribution in [0.4, 0.5) is 0 Å². The molecule has 2 unspecified atom stereocenters. The predicted molar refractivity (Wildman–Crippen MR) is 64.5 cm³/mol. The van der Waals surface area contributed by atoms with Crippen LogP contribution in [0.3, 0.4) is 0 Å². The highest BCUT2D eigenvalue weighted by Gasteiger charge is 2.31. The van der Waals surface area contributed by atoms with Crippen LogP contribution >= 0.6 is 11.3 Å². The monoisotopic (exact) mass is 253 g/mol. The first-order valence-electron chi connectivity index (χ1n) is 5.58. The summed E-state index contributed by atoms with van der Waals surface area (Å²) in [5, 5.41) is 8.30. The number of aryl methyl sites for hydroxylation is 1. The fourth-order valence-electron chi connectivity index (χ4n) is 1.79. The van der Waals surface area contributed by atoms with Crippen LogP contribution in [0.2, 0.25) is 0 Å². The van der Waals surface area contributed by atoms with Gasteiger partial charge in [0.1, 0.15) is 10.9 Å². The SMILES string of the molecule is Cc1csc(C(C)NC(=O)C2CCNC2=O)n1. The minimum absolute atomic E-state index is 0.144. The number of carbonyl (C=O) groups is 2. The van der Waals surface area contributed by atoms with Crippen molar-refractivity contribution < 1.29 is 9.59 Å². The molecule has 0 aliphatic carbocycles. The van der Waals surface area contributed by atoms with E-state index in [0.29, 0.717) is 13.0 Å². The maximum absolute atomic E-state index is 11.9. The smallest absolute Gasteiger partial charge is 0.233 e. The zero-order valence-electron chi connectivity index (χ0n) is 9.82. The molecule has 1 aromatic heterocycles. The highest BCUT2D eigenvalue weighted by Crippen LogP contribution is 2.19. The van der Waals surface area contributed by atoms with Crippen molar-refractivity contribution in [1.29, 1.82) is 0 Å². The lowest BCUT2D eigenvalue weighted by Crippen LogP contribution is -2.36. The molecule has 1 aromatic rings. The minimum atomic E-state index is -0.543. The van der Waals surface area contributed by atoms with Gasteiger partial charge in [0.25, 0.3) is 0 Å². The molecule has 5 nitrogen and oxygen atoms in total. The van der Waals surface area contributed by atoms with Crippen molar-refractivity contribution in [3.8, 4) is 0 Å². The molecule has 1 aliphatic rings. The number of carbonyl (C=O) groups excluding carboxylic acids is 2. The number of hydrogen-bond acceptors (Lipinski definition) is 4. The highest BCUT2D eigenvalue weighted by atomic mass is 32.1. The lowest BCUT2D eigenvalue weighted by molar-refractivity contribution is -0.133. The van der Waals surface area contributed by atoms with Gasteiger partial charge in [0.15, 0.2) is 0 Å². The maximum atomic E-state index is 11.9. The number of rotatable bonds is 3. The fourth-order valence-corrected chi connectivity index (χ4v) is 2.59. The summed E-state index contributed by atoms with van der Waals surface area (Å²) in [6.07, 6.45) is 0.578. The largest absolute Gasteiger partial charge is 0.355 e. The minimum Gasteiger partial charge on any atom is -0.355 e. The van der Waals surface area contributed by atoms with Gasteiger partial charge in [-0.1, -0.05) is 0 Å². The average molecular weight is 253 g/mol. The van der Waals surface area contributed by atoms with E-state index in [4.69, 9.17) is 0 Å². The molecular weight excluding hydrogens is 238 g/mol. The topological polar surface area (TPSA) is 71.1 Å². The van der Waals surface area contributed by atoms with Crippen LogP contribution in [0.25, 0.3) is 0 Å². The third-order valence-electron chi connectivity index (χ3n) is 2.73. The summed E-state index contributed by atoms with van der Waals surface area (Å²) in [6, 6.07) is -0.144. The highest BCUT2D eigenvalue weighted by molar-refractivity contribution is 7.09. The Kier molecular flexibility index (Phi) is 3.42. The Morgan fingerprint density at radius 2 is 2.47 bits per heavy atom. The Morgan fingerprint density at radius 1 is 1.71 bits per heavy atom. The van der Waals surface area contributed by atoms with Gasteiger partial charge in [-0.2, -0.15) is 0 Å². The fraction of sp³-hybridized carbons (Fsp3) is 0.545. The molecule has 2 rings (SSSR count). The van der Waals surface area contributed by atoms with Crippen LogP contribution in [0, 0.1) is 12.8 Å². The van der Waals surface area contributed by atoms with Crippen molar-refractivity contribution in [2.75, 3.05) is 6.54 Å². The number of thiazole rings is 1. The molecule has 17 heavy (non-hydrogen) atoms. The van der Waals surface area contributed by atoms with E-state index in [1.54, 1.807) is 0 Å². The van der Waals surface area contributed by atoms with Crippen LogP contribution in [0.5, 0.6) is 0 Å². The van der Waals surface area contributed by atoms with Gasteiger partial charge in [0.2, 0.25) is 11.8 Å². The number of aromatic nitrogens is 1. The van der Waals surface area contributed by atoms with Crippen LogP contribution < -0.4 is 10.6 Å². The second-order valence-electron chi connectivity index (χ2n) is 4.19. The van der Waals surface area contributed by atoms with Gasteiger partial charge in [0, 0.05) is 17.6 Å². The van der Waals surface area contributed by atoms with Gasteiger partial charge >= 0.3 is 0 Å². The molecule has 1 aliphatic heterocycles. The molecule has 1 fully saturated rings. The normalized spacial score (nSPS) is 21.1. The van der Waals surface area contributed by atoms with E-state index in [2.05, 4.69) is 15.6 Å². The molecular formula is C11H15N3O2S. The van der Waals surface area contributed by atoms with Crippen molar-refractivity contribution in [1.82, 2.24) is 15.6 Å². The number of hydrogen-bond donors (Lipinski definition) is 2. The molecule has 2 heterocycles. The molecule has 2 atom stereocenters. The van der Waals surface area contributed by atoms with Gasteiger partial charge < -0.3 is 10.6 Å². The summed E-state index contributed by atoms with van der Waals surface area (Å²) >= 11 is 1.52. The van der Waals surface area contributed by atoms with Gasteiger partial charge in [-0.05, 0) is 20.3 Å². The molecule has 2 amide bonds. The molecule has 0 saturated carbocycles. The summed E-state index contributed by atoms with van der Waals surface area (Å²) < 4.78 is 0. The van der Waals surface area contributed by atoms with Gasteiger partial charge in [-0.3, -0.25) is 9.59 Å². The van der Waals surface area contributed by atoms with Crippen molar-refractivity contribution >= 4 is 23.2 Å². The molecule has 6 heteroatoms. The Labute approximate surface area is 104 Å². The lowest BCUT2D eigenvalue weighted by Gasteiger charge is -2.13. The summed E-state index contributed by atoms with van der Waals surface area (Å²) in [4.78, 5) is 27.5. The van der Waals surface area contributed by atoms with Crippen LogP contribution in [0.15, 0.2) is 5.38 Å². The van der Waals surface area contributed by atoms with Crippen LogP contribution in [0.1, 0.15) is 30.1 Å². The standard InChI is InChI=1S/C11H15N3O2S/c1-6-5-17-11(13-6)7(2)14-10(16)8-3-4-12-9(8)15/h5,7-8H,3-4H2,1-2H3,(H,12,15)(H,14,16). The zero-order chi connectivity index (χ0) is 12.4. The van der Waals surface area contributed by atoms with Gasteiger partial charge in [0.05, 0.1) is 6.04 Å². The second-order valence-corrected chi connectivity index (χ2v) is 5.08. The molecule has 0 spiro atoms.